The molecule has 3 N–H and O–H groups in total. The lowest BCUT2D eigenvalue weighted by Gasteiger charge is -2.27. The van der Waals surface area contributed by atoms with Crippen LogP contribution in [-0.4, -0.2) is 48.3 Å². The maximum atomic E-state index is 12.2. The number of hydrogen-bond acceptors (Lipinski definition) is 4. The zero-order valence-electron chi connectivity index (χ0n) is 13.0. The molecule has 1 aromatic rings. The molecule has 2 atom stereocenters. The van der Waals surface area contributed by atoms with Crippen LogP contribution in [0, 0.1) is 0 Å². The molecule has 0 aromatic heterocycles. The zero-order valence-corrected chi connectivity index (χ0v) is 13.0. The van der Waals surface area contributed by atoms with E-state index in [1.165, 1.54) is 0 Å². The van der Waals surface area contributed by atoms with Crippen LogP contribution in [-0.2, 0) is 14.3 Å². The highest BCUT2D eigenvalue weighted by Gasteiger charge is 2.34. The van der Waals surface area contributed by atoms with E-state index in [1.807, 2.05) is 0 Å². The number of nitrogens with one attached hydrogen (secondary N) is 2. The molecule has 3 rings (SSSR count). The fourth-order valence-electron chi connectivity index (χ4n) is 2.86. The number of amides is 3. The number of carbonyl (C=O) groups is 3. The molecule has 2 aliphatic rings. The lowest BCUT2D eigenvalue weighted by molar-refractivity contribution is -0.150. The number of nitrogens with zero attached hydrogens (tertiary/aromatic N) is 1. The van der Waals surface area contributed by atoms with Crippen LogP contribution in [0.5, 0.6) is 0 Å². The van der Waals surface area contributed by atoms with E-state index < -0.39 is 18.2 Å². The van der Waals surface area contributed by atoms with Crippen LogP contribution in [0.3, 0.4) is 0 Å². The average Bonchev–Trinajstić information content (AvgIpc) is 3.06. The smallest absolute Gasteiger partial charge is 0.332 e. The molecular weight excluding hydrogens is 314 g/mol. The highest BCUT2D eigenvalue weighted by Crippen LogP contribution is 2.24. The van der Waals surface area contributed by atoms with Crippen LogP contribution >= 0.6 is 0 Å². The molecule has 0 radical (unpaired) electrons. The molecule has 2 aliphatic heterocycles. The second-order valence-corrected chi connectivity index (χ2v) is 5.81. The number of anilines is 2. The summed E-state index contributed by atoms with van der Waals surface area (Å²) in [6, 6.07) is 6.82. The summed E-state index contributed by atoms with van der Waals surface area (Å²) in [5.41, 5.74) is 1.24. The summed E-state index contributed by atoms with van der Waals surface area (Å²) in [7, 11) is 0. The van der Waals surface area contributed by atoms with E-state index in [9.17, 15) is 14.4 Å². The first-order valence-corrected chi connectivity index (χ1v) is 7.89. The van der Waals surface area contributed by atoms with Crippen molar-refractivity contribution in [3.63, 3.8) is 0 Å². The minimum absolute atomic E-state index is 0.159. The first-order chi connectivity index (χ1) is 11.5. The van der Waals surface area contributed by atoms with Crippen LogP contribution in [0.4, 0.5) is 16.2 Å². The zero-order chi connectivity index (χ0) is 17.1. The lowest BCUT2D eigenvalue weighted by atomic mass is 10.2. The Bertz CT molecular complexity index is 663. The van der Waals surface area contributed by atoms with E-state index in [0.29, 0.717) is 37.3 Å². The third-order valence-electron chi connectivity index (χ3n) is 4.09. The fourth-order valence-corrected chi connectivity index (χ4v) is 2.86. The molecule has 1 aromatic carbocycles. The Hall–Kier alpha value is -2.61. The Morgan fingerprint density at radius 3 is 2.79 bits per heavy atom. The lowest BCUT2D eigenvalue weighted by Crippen LogP contribution is -2.46. The largest absolute Gasteiger partial charge is 0.479 e. The number of ether oxygens (including phenoxy) is 1. The van der Waals surface area contributed by atoms with E-state index in [2.05, 4.69) is 10.6 Å². The van der Waals surface area contributed by atoms with Crippen molar-refractivity contribution >= 4 is 29.3 Å². The van der Waals surface area contributed by atoms with E-state index in [1.54, 1.807) is 29.2 Å². The Kier molecular flexibility index (Phi) is 4.66. The van der Waals surface area contributed by atoms with Crippen molar-refractivity contribution in [2.45, 2.75) is 31.5 Å². The van der Waals surface area contributed by atoms with E-state index in [-0.39, 0.29) is 11.9 Å². The fraction of sp³-hybridized carbons (Fsp3) is 0.438. The Labute approximate surface area is 138 Å². The average molecular weight is 333 g/mol. The van der Waals surface area contributed by atoms with Crippen LogP contribution in [0.25, 0.3) is 0 Å². The van der Waals surface area contributed by atoms with Crippen molar-refractivity contribution in [3.8, 4) is 0 Å². The monoisotopic (exact) mass is 333 g/mol. The van der Waals surface area contributed by atoms with Crippen LogP contribution in [0.1, 0.15) is 19.3 Å². The summed E-state index contributed by atoms with van der Waals surface area (Å²) in [6.45, 7) is 1.28. The molecule has 0 unspecified atom stereocenters. The molecule has 2 saturated heterocycles. The van der Waals surface area contributed by atoms with Gasteiger partial charge in [0.25, 0.3) is 5.91 Å². The standard InChI is InChI=1S/C16H19N3O5/c20-14(12-5-6-13(24-12)15(21)22)18-10-3-1-4-11(9-10)19-8-2-7-17-16(19)23/h1,3-4,9,12-13H,2,5-8H2,(H,17,23)(H,18,20)(H,21,22)/t12-,13+/m0/s1. The van der Waals surface area contributed by atoms with Crippen molar-refractivity contribution in [2.24, 2.45) is 0 Å². The van der Waals surface area contributed by atoms with Gasteiger partial charge in [0.15, 0.2) is 6.10 Å². The van der Waals surface area contributed by atoms with Gasteiger partial charge in [0.1, 0.15) is 6.10 Å². The van der Waals surface area contributed by atoms with Gasteiger partial charge in [-0.1, -0.05) is 6.07 Å². The number of carboxylic acids is 1. The van der Waals surface area contributed by atoms with Gasteiger partial charge in [-0.3, -0.25) is 9.69 Å². The first-order valence-electron chi connectivity index (χ1n) is 7.89. The van der Waals surface area contributed by atoms with E-state index in [4.69, 9.17) is 9.84 Å². The second-order valence-electron chi connectivity index (χ2n) is 5.81. The number of carbonyl (C=O) groups excluding carboxylic acids is 2. The third-order valence-corrected chi connectivity index (χ3v) is 4.09. The van der Waals surface area contributed by atoms with E-state index in [0.717, 1.165) is 6.42 Å². The number of hydrogen-bond donors (Lipinski definition) is 3. The molecular formula is C16H19N3O5. The number of urea groups is 1. The Balaban J connectivity index is 1.65. The molecule has 8 nitrogen and oxygen atoms in total. The predicted molar refractivity (Wildman–Crippen MR) is 86.0 cm³/mol. The van der Waals surface area contributed by atoms with Gasteiger partial charge in [0.2, 0.25) is 0 Å². The third kappa shape index (κ3) is 3.48. The summed E-state index contributed by atoms with van der Waals surface area (Å²) in [5.74, 6) is -1.43. The van der Waals surface area contributed by atoms with Crippen LogP contribution in [0.2, 0.25) is 0 Å². The highest BCUT2D eigenvalue weighted by atomic mass is 16.5. The summed E-state index contributed by atoms with van der Waals surface area (Å²) in [6.07, 6.45) is -0.148. The minimum Gasteiger partial charge on any atom is -0.479 e. The minimum atomic E-state index is -1.05. The van der Waals surface area contributed by atoms with Gasteiger partial charge in [-0.05, 0) is 37.5 Å². The molecule has 0 bridgehead atoms. The van der Waals surface area contributed by atoms with Gasteiger partial charge in [-0.2, -0.15) is 0 Å². The van der Waals surface area contributed by atoms with Gasteiger partial charge >= 0.3 is 12.0 Å². The van der Waals surface area contributed by atoms with E-state index >= 15 is 0 Å². The molecule has 0 spiro atoms. The molecule has 2 fully saturated rings. The predicted octanol–water partition coefficient (Wildman–Crippen LogP) is 1.18. The van der Waals surface area contributed by atoms with Crippen molar-refractivity contribution in [1.29, 1.82) is 0 Å². The second kappa shape index (κ2) is 6.88. The molecule has 0 aliphatic carbocycles. The van der Waals surface area contributed by atoms with Crippen molar-refractivity contribution in [3.05, 3.63) is 24.3 Å². The van der Waals surface area contributed by atoms with Crippen molar-refractivity contribution < 1.29 is 24.2 Å². The number of carboxylic acid groups (broad SMARTS) is 1. The molecule has 2 heterocycles. The Morgan fingerprint density at radius 2 is 2.08 bits per heavy atom. The first kappa shape index (κ1) is 16.3. The Morgan fingerprint density at radius 1 is 1.29 bits per heavy atom. The van der Waals surface area contributed by atoms with Gasteiger partial charge in [0.05, 0.1) is 0 Å². The maximum absolute atomic E-state index is 12.2. The molecule has 24 heavy (non-hydrogen) atoms. The highest BCUT2D eigenvalue weighted by molar-refractivity contribution is 5.97. The molecule has 3 amide bonds. The van der Waals surface area contributed by atoms with Crippen molar-refractivity contribution in [1.82, 2.24) is 5.32 Å². The number of aliphatic carboxylic acids is 1. The summed E-state index contributed by atoms with van der Waals surface area (Å²) in [4.78, 5) is 36.6. The van der Waals surface area contributed by atoms with Crippen LogP contribution < -0.4 is 15.5 Å². The normalized spacial score (nSPS) is 23.7. The summed E-state index contributed by atoms with van der Waals surface area (Å²) < 4.78 is 5.23. The quantitative estimate of drug-likeness (QED) is 0.767. The van der Waals surface area contributed by atoms with Gasteiger partial charge in [-0.25, -0.2) is 9.59 Å². The number of rotatable bonds is 4. The van der Waals surface area contributed by atoms with Crippen molar-refractivity contribution in [2.75, 3.05) is 23.3 Å². The molecule has 0 saturated carbocycles. The maximum Gasteiger partial charge on any atom is 0.332 e. The summed E-state index contributed by atoms with van der Waals surface area (Å²) >= 11 is 0. The number of benzene rings is 1. The van der Waals surface area contributed by atoms with Gasteiger partial charge in [0, 0.05) is 24.5 Å². The molecule has 128 valence electrons. The SMILES string of the molecule is O=C(Nc1cccc(N2CCCNC2=O)c1)[C@@H]1CC[C@H](C(=O)O)O1. The van der Waals surface area contributed by atoms with Gasteiger partial charge in [-0.15, -0.1) is 0 Å². The summed E-state index contributed by atoms with van der Waals surface area (Å²) in [5, 5.41) is 14.4. The molecule has 8 heteroatoms. The van der Waals surface area contributed by atoms with Gasteiger partial charge < -0.3 is 20.5 Å². The van der Waals surface area contributed by atoms with Crippen LogP contribution in [0.15, 0.2) is 24.3 Å². The topological polar surface area (TPSA) is 108 Å².